The smallest absolute Gasteiger partial charge is 0.305 e. The summed E-state index contributed by atoms with van der Waals surface area (Å²) in [6.45, 7) is 2.30. The molecular weight excluding hydrogens is 418 g/mol. The lowest BCUT2D eigenvalue weighted by Gasteiger charge is -2.24. The largest absolute Gasteiger partial charge is 0.469 e. The van der Waals surface area contributed by atoms with Crippen molar-refractivity contribution < 1.29 is 9.53 Å². The van der Waals surface area contributed by atoms with Crippen molar-refractivity contribution in [3.8, 4) is 0 Å². The van der Waals surface area contributed by atoms with Crippen molar-refractivity contribution in [3.05, 3.63) is 0 Å². The summed E-state index contributed by atoms with van der Waals surface area (Å²) in [6.07, 6.45) is 31.2. The van der Waals surface area contributed by atoms with E-state index < -0.39 is 0 Å². The van der Waals surface area contributed by atoms with Crippen molar-refractivity contribution in [1.82, 2.24) is 4.90 Å². The summed E-state index contributed by atoms with van der Waals surface area (Å²) in [7, 11) is 6.04. The topological polar surface area (TPSA) is 29.5 Å². The van der Waals surface area contributed by atoms with Crippen LogP contribution in [0.2, 0.25) is 0 Å². The Balaban J connectivity index is 1.85. The van der Waals surface area contributed by atoms with Crippen molar-refractivity contribution in [3.63, 3.8) is 0 Å². The third-order valence-corrected chi connectivity index (χ3v) is 8.24. The predicted molar refractivity (Wildman–Crippen MR) is 148 cm³/mol. The number of carbonyl (C=O) groups excluding carboxylic acids is 1. The maximum Gasteiger partial charge on any atom is 0.305 e. The van der Waals surface area contributed by atoms with Crippen molar-refractivity contribution >= 4 is 5.97 Å². The van der Waals surface area contributed by atoms with Gasteiger partial charge in [0, 0.05) is 12.5 Å². The van der Waals surface area contributed by atoms with Gasteiger partial charge in [-0.15, -0.1) is 0 Å². The lowest BCUT2D eigenvalue weighted by Crippen LogP contribution is -2.27. The highest BCUT2D eigenvalue weighted by molar-refractivity contribution is 5.68. The molecule has 1 rings (SSSR count). The van der Waals surface area contributed by atoms with E-state index in [1.807, 2.05) is 0 Å². The molecule has 0 N–H and O–H groups in total. The minimum absolute atomic E-state index is 0.0578. The zero-order chi connectivity index (χ0) is 24.9. The molecule has 0 spiro atoms. The second kappa shape index (κ2) is 21.7. The molecule has 202 valence electrons. The number of ether oxygens (including phenoxy) is 1. The SMILES string of the molecule is CCCCCCCCC(CCCCCCCCC1CC1CCCCCCCC(=O)OC)N(C)C. The summed E-state index contributed by atoms with van der Waals surface area (Å²) >= 11 is 0. The van der Waals surface area contributed by atoms with Gasteiger partial charge in [0.15, 0.2) is 0 Å². The molecule has 0 saturated heterocycles. The molecule has 1 saturated carbocycles. The fourth-order valence-corrected chi connectivity index (χ4v) is 5.64. The van der Waals surface area contributed by atoms with Crippen LogP contribution in [0.3, 0.4) is 0 Å². The fraction of sp³-hybridized carbons (Fsp3) is 0.968. The molecule has 0 aromatic heterocycles. The second-order valence-corrected chi connectivity index (χ2v) is 11.5. The van der Waals surface area contributed by atoms with Gasteiger partial charge in [-0.2, -0.15) is 0 Å². The van der Waals surface area contributed by atoms with Crippen LogP contribution in [0.1, 0.15) is 155 Å². The first-order valence-electron chi connectivity index (χ1n) is 15.3. The molecule has 1 fully saturated rings. The third-order valence-electron chi connectivity index (χ3n) is 8.24. The van der Waals surface area contributed by atoms with Gasteiger partial charge in [0.2, 0.25) is 0 Å². The molecule has 0 radical (unpaired) electrons. The van der Waals surface area contributed by atoms with E-state index in [1.165, 1.54) is 142 Å². The van der Waals surface area contributed by atoms with Gasteiger partial charge in [-0.1, -0.05) is 122 Å². The summed E-state index contributed by atoms with van der Waals surface area (Å²) in [5.74, 6) is 2.05. The number of unbranched alkanes of at least 4 members (excludes halogenated alkanes) is 14. The Kier molecular flexibility index (Phi) is 20.1. The number of methoxy groups -OCH3 is 1. The Morgan fingerprint density at radius 1 is 0.706 bits per heavy atom. The number of hydrogen-bond donors (Lipinski definition) is 0. The van der Waals surface area contributed by atoms with Crippen LogP contribution in [-0.4, -0.2) is 38.1 Å². The van der Waals surface area contributed by atoms with E-state index in [-0.39, 0.29) is 5.97 Å². The van der Waals surface area contributed by atoms with E-state index >= 15 is 0 Å². The van der Waals surface area contributed by atoms with E-state index in [4.69, 9.17) is 4.74 Å². The van der Waals surface area contributed by atoms with E-state index in [9.17, 15) is 4.79 Å². The molecule has 0 heterocycles. The van der Waals surface area contributed by atoms with Gasteiger partial charge in [-0.25, -0.2) is 0 Å². The van der Waals surface area contributed by atoms with Crippen molar-refractivity contribution in [2.24, 2.45) is 11.8 Å². The van der Waals surface area contributed by atoms with Gasteiger partial charge in [0.25, 0.3) is 0 Å². The van der Waals surface area contributed by atoms with Gasteiger partial charge in [0.1, 0.15) is 0 Å². The zero-order valence-electron chi connectivity index (χ0n) is 23.8. The Morgan fingerprint density at radius 3 is 1.62 bits per heavy atom. The van der Waals surface area contributed by atoms with Crippen LogP contribution in [0, 0.1) is 11.8 Å². The lowest BCUT2D eigenvalue weighted by atomic mass is 9.99. The van der Waals surface area contributed by atoms with Crippen LogP contribution in [0.15, 0.2) is 0 Å². The minimum atomic E-state index is -0.0578. The van der Waals surface area contributed by atoms with Crippen LogP contribution >= 0.6 is 0 Å². The van der Waals surface area contributed by atoms with Crippen molar-refractivity contribution in [1.29, 1.82) is 0 Å². The highest BCUT2D eigenvalue weighted by atomic mass is 16.5. The average Bonchev–Trinajstić information content (AvgIpc) is 3.58. The first kappa shape index (κ1) is 31.5. The molecule has 3 nitrogen and oxygen atoms in total. The van der Waals surface area contributed by atoms with E-state index in [2.05, 4.69) is 25.9 Å². The maximum absolute atomic E-state index is 11.1. The summed E-state index contributed by atoms with van der Waals surface area (Å²) in [5, 5.41) is 0. The second-order valence-electron chi connectivity index (χ2n) is 11.5. The van der Waals surface area contributed by atoms with Crippen LogP contribution in [0.4, 0.5) is 0 Å². The first-order valence-corrected chi connectivity index (χ1v) is 15.3. The number of nitrogens with zero attached hydrogens (tertiary/aromatic N) is 1. The van der Waals surface area contributed by atoms with Crippen molar-refractivity contribution in [2.75, 3.05) is 21.2 Å². The van der Waals surface area contributed by atoms with Crippen LogP contribution in [-0.2, 0) is 9.53 Å². The average molecular weight is 480 g/mol. The summed E-state index contributed by atoms with van der Waals surface area (Å²) in [6, 6.07) is 0.804. The van der Waals surface area contributed by atoms with Gasteiger partial charge in [-0.05, 0) is 51.6 Å². The standard InChI is InChI=1S/C31H61NO2/c1-5-6-7-8-14-19-24-30(32(2)3)25-20-15-10-9-12-17-22-28-27-29(28)23-18-13-11-16-21-26-31(33)34-4/h28-30H,5-27H2,1-4H3. The summed E-state index contributed by atoms with van der Waals surface area (Å²) in [4.78, 5) is 13.6. The van der Waals surface area contributed by atoms with E-state index in [0.29, 0.717) is 6.42 Å². The third kappa shape index (κ3) is 17.8. The number of rotatable bonds is 25. The molecule has 0 bridgehead atoms. The number of hydrogen-bond acceptors (Lipinski definition) is 3. The molecule has 3 heteroatoms. The first-order chi connectivity index (χ1) is 16.6. The van der Waals surface area contributed by atoms with Gasteiger partial charge < -0.3 is 9.64 Å². The molecule has 0 amide bonds. The molecule has 1 aliphatic carbocycles. The quantitative estimate of drug-likeness (QED) is 0.0964. The molecule has 3 unspecified atom stereocenters. The maximum atomic E-state index is 11.1. The lowest BCUT2D eigenvalue weighted by molar-refractivity contribution is -0.140. The molecule has 34 heavy (non-hydrogen) atoms. The normalized spacial score (nSPS) is 18.4. The van der Waals surface area contributed by atoms with Gasteiger partial charge >= 0.3 is 5.97 Å². The number of carbonyl (C=O) groups is 1. The summed E-state index contributed by atoms with van der Waals surface area (Å²) < 4.78 is 4.69. The van der Waals surface area contributed by atoms with Crippen LogP contribution < -0.4 is 0 Å². The monoisotopic (exact) mass is 479 g/mol. The van der Waals surface area contributed by atoms with Crippen LogP contribution in [0.5, 0.6) is 0 Å². The Bertz CT molecular complexity index is 464. The fourth-order valence-electron chi connectivity index (χ4n) is 5.64. The molecule has 0 aromatic rings. The highest BCUT2D eigenvalue weighted by Gasteiger charge is 2.34. The van der Waals surface area contributed by atoms with Crippen LogP contribution in [0.25, 0.3) is 0 Å². The van der Waals surface area contributed by atoms with E-state index in [1.54, 1.807) is 0 Å². The molecule has 3 atom stereocenters. The Morgan fingerprint density at radius 2 is 1.15 bits per heavy atom. The Labute approximate surface area is 214 Å². The minimum Gasteiger partial charge on any atom is -0.469 e. The number of esters is 1. The molecule has 1 aliphatic rings. The van der Waals surface area contributed by atoms with Gasteiger partial charge in [0.05, 0.1) is 7.11 Å². The van der Waals surface area contributed by atoms with Gasteiger partial charge in [-0.3, -0.25) is 4.79 Å². The van der Waals surface area contributed by atoms with E-state index in [0.717, 1.165) is 24.3 Å². The van der Waals surface area contributed by atoms with Crippen molar-refractivity contribution in [2.45, 2.75) is 161 Å². The Hall–Kier alpha value is -0.570. The molecule has 0 aromatic carbocycles. The zero-order valence-corrected chi connectivity index (χ0v) is 23.8. The molecular formula is C31H61NO2. The molecule has 0 aliphatic heterocycles. The highest BCUT2D eigenvalue weighted by Crippen LogP contribution is 2.45. The summed E-state index contributed by atoms with van der Waals surface area (Å²) in [5.41, 5.74) is 0. The predicted octanol–water partition coefficient (Wildman–Crippen LogP) is 9.33.